The molecule has 2 aromatic rings. The first-order valence-electron chi connectivity index (χ1n) is 8.90. The summed E-state index contributed by atoms with van der Waals surface area (Å²) in [5, 5.41) is 4.08. The molecule has 0 aromatic heterocycles. The summed E-state index contributed by atoms with van der Waals surface area (Å²) < 4.78 is 12.2. The van der Waals surface area contributed by atoms with Gasteiger partial charge in [0, 0.05) is 10.0 Å². The third kappa shape index (κ3) is 6.46. The highest BCUT2D eigenvalue weighted by Crippen LogP contribution is 2.18. The molecule has 0 bridgehead atoms. The summed E-state index contributed by atoms with van der Waals surface area (Å²) in [7, 11) is 0. The number of carbonyl (C=O) groups is 1. The van der Waals surface area contributed by atoms with E-state index in [-0.39, 0.29) is 5.91 Å². The Balaban J connectivity index is 1.52. The number of ether oxygens (including phenoxy) is 2. The van der Waals surface area contributed by atoms with E-state index in [4.69, 9.17) is 9.47 Å². The predicted molar refractivity (Wildman–Crippen MR) is 107 cm³/mol. The van der Waals surface area contributed by atoms with E-state index >= 15 is 0 Å². The van der Waals surface area contributed by atoms with Crippen molar-refractivity contribution in [1.29, 1.82) is 0 Å². The zero-order valence-electron chi connectivity index (χ0n) is 15.0. The molecule has 1 fully saturated rings. The van der Waals surface area contributed by atoms with Crippen LogP contribution in [0.15, 0.2) is 58.1 Å². The monoisotopic (exact) mass is 432 g/mol. The number of amides is 1. The highest BCUT2D eigenvalue weighted by atomic mass is 79.9. The minimum absolute atomic E-state index is 0.101. The van der Waals surface area contributed by atoms with Crippen molar-refractivity contribution >= 4 is 28.1 Å². The molecule has 0 radical (unpaired) electrons. The van der Waals surface area contributed by atoms with Gasteiger partial charge in [-0.1, -0.05) is 40.2 Å². The van der Waals surface area contributed by atoms with Gasteiger partial charge in [-0.3, -0.25) is 4.79 Å². The summed E-state index contributed by atoms with van der Waals surface area (Å²) in [6, 6.07) is 15.6. The van der Waals surface area contributed by atoms with E-state index in [2.05, 4.69) is 26.5 Å². The average Bonchev–Trinajstić information content (AvgIpc) is 2.69. The second-order valence-electron chi connectivity index (χ2n) is 6.29. The molecule has 3 rings (SSSR count). The van der Waals surface area contributed by atoms with Crippen LogP contribution < -0.4 is 15.1 Å². The van der Waals surface area contributed by atoms with Crippen molar-refractivity contribution < 1.29 is 19.2 Å². The van der Waals surface area contributed by atoms with Gasteiger partial charge in [0.25, 0.3) is 5.91 Å². The molecule has 142 valence electrons. The van der Waals surface area contributed by atoms with Crippen LogP contribution in [0.5, 0.6) is 5.75 Å². The van der Waals surface area contributed by atoms with Crippen LogP contribution in [0.25, 0.3) is 0 Å². The molecule has 1 aliphatic rings. The zero-order valence-corrected chi connectivity index (χ0v) is 16.6. The number of quaternary nitrogens is 1. The maximum absolute atomic E-state index is 12.0. The van der Waals surface area contributed by atoms with Crippen LogP contribution >= 0.6 is 15.9 Å². The fourth-order valence-corrected chi connectivity index (χ4v) is 3.00. The summed E-state index contributed by atoms with van der Waals surface area (Å²) in [5.41, 5.74) is 4.48. The van der Waals surface area contributed by atoms with E-state index < -0.39 is 0 Å². The Morgan fingerprint density at radius 1 is 1.19 bits per heavy atom. The number of hydrogen-bond acceptors (Lipinski definition) is 4. The SMILES string of the molecule is O=C(C[NH+]1CCOCC1)N/N=C\c1ccccc1OCc1ccc(Br)cc1. The molecule has 2 N–H and O–H groups in total. The molecule has 1 aliphatic heterocycles. The molecule has 0 aliphatic carbocycles. The Kier molecular flexibility index (Phi) is 7.38. The smallest absolute Gasteiger partial charge is 0.295 e. The molecule has 1 heterocycles. The number of para-hydroxylation sites is 1. The number of carbonyl (C=O) groups excluding carboxylic acids is 1. The third-order valence-corrected chi connectivity index (χ3v) is 4.76. The molecule has 1 saturated heterocycles. The van der Waals surface area contributed by atoms with Gasteiger partial charge < -0.3 is 14.4 Å². The minimum atomic E-state index is -0.101. The van der Waals surface area contributed by atoms with Gasteiger partial charge in [0.2, 0.25) is 0 Å². The lowest BCUT2D eigenvalue weighted by Gasteiger charge is -2.22. The molecular weight excluding hydrogens is 410 g/mol. The molecule has 7 heteroatoms. The van der Waals surface area contributed by atoms with Gasteiger partial charge in [-0.2, -0.15) is 5.10 Å². The number of benzene rings is 2. The Morgan fingerprint density at radius 2 is 1.93 bits per heavy atom. The van der Waals surface area contributed by atoms with Gasteiger partial charge >= 0.3 is 0 Å². The molecular formula is C20H23BrN3O3+. The normalized spacial score (nSPS) is 15.0. The molecule has 2 aromatic carbocycles. The van der Waals surface area contributed by atoms with E-state index in [0.717, 1.165) is 34.4 Å². The van der Waals surface area contributed by atoms with Gasteiger partial charge in [-0.25, -0.2) is 5.43 Å². The van der Waals surface area contributed by atoms with Crippen LogP contribution in [0.1, 0.15) is 11.1 Å². The van der Waals surface area contributed by atoms with E-state index in [1.165, 1.54) is 4.90 Å². The van der Waals surface area contributed by atoms with Crippen LogP contribution in [0.3, 0.4) is 0 Å². The fraction of sp³-hybridized carbons (Fsp3) is 0.300. The fourth-order valence-electron chi connectivity index (χ4n) is 2.74. The lowest BCUT2D eigenvalue weighted by molar-refractivity contribution is -0.900. The van der Waals surface area contributed by atoms with E-state index in [1.807, 2.05) is 48.5 Å². The third-order valence-electron chi connectivity index (χ3n) is 4.23. The quantitative estimate of drug-likeness (QED) is 0.513. The van der Waals surface area contributed by atoms with Crippen molar-refractivity contribution in [3.8, 4) is 5.75 Å². The van der Waals surface area contributed by atoms with Crippen LogP contribution in [0.2, 0.25) is 0 Å². The van der Waals surface area contributed by atoms with Crippen LogP contribution in [0, 0.1) is 0 Å². The van der Waals surface area contributed by atoms with Crippen molar-refractivity contribution in [2.45, 2.75) is 6.61 Å². The van der Waals surface area contributed by atoms with Gasteiger partial charge in [0.05, 0.1) is 19.4 Å². The van der Waals surface area contributed by atoms with Gasteiger partial charge in [0.15, 0.2) is 6.54 Å². The zero-order chi connectivity index (χ0) is 18.9. The number of hydrazone groups is 1. The van der Waals surface area contributed by atoms with Crippen LogP contribution in [0.4, 0.5) is 0 Å². The molecule has 1 amide bonds. The Morgan fingerprint density at radius 3 is 2.70 bits per heavy atom. The summed E-state index contributed by atoms with van der Waals surface area (Å²) in [5.74, 6) is 0.619. The second kappa shape index (κ2) is 10.2. The first-order chi connectivity index (χ1) is 13.2. The summed E-state index contributed by atoms with van der Waals surface area (Å²) in [6.45, 7) is 3.98. The average molecular weight is 433 g/mol. The highest BCUT2D eigenvalue weighted by molar-refractivity contribution is 9.10. The summed E-state index contributed by atoms with van der Waals surface area (Å²) >= 11 is 3.42. The number of nitrogens with one attached hydrogen (secondary N) is 2. The Hall–Kier alpha value is -2.22. The molecule has 0 atom stereocenters. The molecule has 0 unspecified atom stereocenters. The maximum Gasteiger partial charge on any atom is 0.295 e. The second-order valence-corrected chi connectivity index (χ2v) is 7.20. The lowest BCUT2D eigenvalue weighted by atomic mass is 10.2. The highest BCUT2D eigenvalue weighted by Gasteiger charge is 2.17. The lowest BCUT2D eigenvalue weighted by Crippen LogP contribution is -3.15. The minimum Gasteiger partial charge on any atom is -0.488 e. The Bertz CT molecular complexity index is 774. The Labute approximate surface area is 167 Å². The van der Waals surface area contributed by atoms with Crippen molar-refractivity contribution in [2.75, 3.05) is 32.8 Å². The standard InChI is InChI=1S/C20H22BrN3O3/c21-18-7-5-16(6-8-18)15-27-19-4-2-1-3-17(19)13-22-23-20(25)14-24-9-11-26-12-10-24/h1-8,13H,9-12,14-15H2,(H,23,25)/p+1/b22-13-. The van der Waals surface area contributed by atoms with Crippen molar-refractivity contribution in [2.24, 2.45) is 5.10 Å². The van der Waals surface area contributed by atoms with Crippen molar-refractivity contribution in [1.82, 2.24) is 5.43 Å². The molecule has 6 nitrogen and oxygen atoms in total. The van der Waals surface area contributed by atoms with Crippen LogP contribution in [-0.4, -0.2) is 45.0 Å². The van der Waals surface area contributed by atoms with Gasteiger partial charge in [-0.05, 0) is 29.8 Å². The number of nitrogens with zero attached hydrogens (tertiary/aromatic N) is 1. The maximum atomic E-state index is 12.0. The first kappa shape index (κ1) is 19.5. The number of halogens is 1. The molecule has 0 saturated carbocycles. The summed E-state index contributed by atoms with van der Waals surface area (Å²) in [4.78, 5) is 13.2. The van der Waals surface area contributed by atoms with E-state index in [9.17, 15) is 4.79 Å². The predicted octanol–water partition coefficient (Wildman–Crippen LogP) is 1.39. The number of hydrogen-bond donors (Lipinski definition) is 2. The largest absolute Gasteiger partial charge is 0.488 e. The topological polar surface area (TPSA) is 64.4 Å². The molecule has 0 spiro atoms. The van der Waals surface area contributed by atoms with Crippen molar-refractivity contribution in [3.63, 3.8) is 0 Å². The van der Waals surface area contributed by atoms with Gasteiger partial charge in [-0.15, -0.1) is 0 Å². The number of rotatable bonds is 7. The van der Waals surface area contributed by atoms with E-state index in [1.54, 1.807) is 6.21 Å². The number of morpholine rings is 1. The first-order valence-corrected chi connectivity index (χ1v) is 9.69. The molecule has 27 heavy (non-hydrogen) atoms. The van der Waals surface area contributed by atoms with Crippen LogP contribution in [-0.2, 0) is 16.1 Å². The van der Waals surface area contributed by atoms with E-state index in [0.29, 0.717) is 26.4 Å². The van der Waals surface area contributed by atoms with Gasteiger partial charge in [0.1, 0.15) is 25.4 Å². The van der Waals surface area contributed by atoms with Crippen molar-refractivity contribution in [3.05, 3.63) is 64.1 Å². The summed E-state index contributed by atoms with van der Waals surface area (Å²) in [6.07, 6.45) is 1.61.